The Kier molecular flexibility index (Phi) is 27.0. The number of ether oxygens (including phenoxy) is 2. The number of phosphoric ester groups is 1. The summed E-state index contributed by atoms with van der Waals surface area (Å²) in [6.45, 7) is 2.72. The van der Waals surface area contributed by atoms with Crippen molar-refractivity contribution in [2.24, 2.45) is 5.73 Å². The van der Waals surface area contributed by atoms with Crippen molar-refractivity contribution in [2.75, 3.05) is 19.8 Å². The highest BCUT2D eigenvalue weighted by atomic mass is 31.2. The molecule has 0 aromatic rings. The third kappa shape index (κ3) is 27.7. The lowest BCUT2D eigenvalue weighted by atomic mass is 10.1. The average Bonchev–Trinajstić information content (AvgIpc) is 2.97. The van der Waals surface area contributed by atoms with E-state index >= 15 is 0 Å². The fourth-order valence-corrected chi connectivity index (χ4v) is 5.19. The summed E-state index contributed by atoms with van der Waals surface area (Å²) in [5.74, 6) is -2.38. The van der Waals surface area contributed by atoms with E-state index in [1.807, 2.05) is 0 Å². The van der Waals surface area contributed by atoms with E-state index < -0.39 is 51.1 Å². The van der Waals surface area contributed by atoms with E-state index in [-0.39, 0.29) is 19.4 Å². The zero-order chi connectivity index (χ0) is 32.2. The number of hydrogen-bond donors (Lipinski definition) is 3. The summed E-state index contributed by atoms with van der Waals surface area (Å²) in [4.78, 5) is 45.4. The van der Waals surface area contributed by atoms with Crippen molar-refractivity contribution >= 4 is 25.7 Å². The molecule has 254 valence electrons. The predicted molar refractivity (Wildman–Crippen MR) is 166 cm³/mol. The van der Waals surface area contributed by atoms with Crippen LogP contribution in [0.2, 0.25) is 0 Å². The van der Waals surface area contributed by atoms with E-state index in [4.69, 9.17) is 24.8 Å². The molecular formula is C31H60NO10P. The second-order valence-corrected chi connectivity index (χ2v) is 12.8. The minimum Gasteiger partial charge on any atom is -0.480 e. The first-order valence-corrected chi connectivity index (χ1v) is 18.1. The van der Waals surface area contributed by atoms with Crippen LogP contribution in [0.1, 0.15) is 149 Å². The van der Waals surface area contributed by atoms with Crippen molar-refractivity contribution in [3.05, 3.63) is 0 Å². The van der Waals surface area contributed by atoms with Gasteiger partial charge in [-0.2, -0.15) is 0 Å². The molecule has 0 heterocycles. The molecule has 0 saturated heterocycles. The summed E-state index contributed by atoms with van der Waals surface area (Å²) in [5.41, 5.74) is 5.29. The molecule has 0 spiro atoms. The first-order valence-electron chi connectivity index (χ1n) is 16.6. The van der Waals surface area contributed by atoms with Crippen molar-refractivity contribution in [1.82, 2.24) is 0 Å². The van der Waals surface area contributed by atoms with Gasteiger partial charge in [-0.15, -0.1) is 0 Å². The van der Waals surface area contributed by atoms with Crippen LogP contribution >= 0.6 is 7.82 Å². The van der Waals surface area contributed by atoms with Gasteiger partial charge in [0.15, 0.2) is 6.10 Å². The van der Waals surface area contributed by atoms with E-state index in [9.17, 15) is 23.8 Å². The smallest absolute Gasteiger partial charge is 0.472 e. The second-order valence-electron chi connectivity index (χ2n) is 11.3. The summed E-state index contributed by atoms with van der Waals surface area (Å²) in [7, 11) is -4.69. The Morgan fingerprint density at radius 2 is 1.02 bits per heavy atom. The van der Waals surface area contributed by atoms with Crippen molar-refractivity contribution in [3.63, 3.8) is 0 Å². The van der Waals surface area contributed by atoms with Crippen molar-refractivity contribution < 1.29 is 47.5 Å². The molecule has 12 heteroatoms. The highest BCUT2D eigenvalue weighted by molar-refractivity contribution is 7.47. The fourth-order valence-electron chi connectivity index (χ4n) is 4.42. The van der Waals surface area contributed by atoms with Gasteiger partial charge in [0.25, 0.3) is 0 Å². The second kappa shape index (κ2) is 28.0. The Bertz CT molecular complexity index is 767. The minimum atomic E-state index is -4.69. The Balaban J connectivity index is 4.51. The summed E-state index contributed by atoms with van der Waals surface area (Å²) in [5, 5.41) is 8.81. The van der Waals surface area contributed by atoms with Crippen molar-refractivity contribution in [3.8, 4) is 0 Å². The van der Waals surface area contributed by atoms with Crippen LogP contribution < -0.4 is 5.73 Å². The van der Waals surface area contributed by atoms with Crippen LogP contribution in [0.5, 0.6) is 0 Å². The zero-order valence-corrected chi connectivity index (χ0v) is 27.7. The molecule has 0 aliphatic rings. The van der Waals surface area contributed by atoms with E-state index in [0.29, 0.717) is 12.8 Å². The number of hydrogen-bond acceptors (Lipinski definition) is 9. The number of carboxylic acids is 1. The summed E-state index contributed by atoms with van der Waals surface area (Å²) in [6.07, 6.45) is 20.5. The molecule has 0 rings (SSSR count). The van der Waals surface area contributed by atoms with Crippen LogP contribution in [0.4, 0.5) is 0 Å². The lowest BCUT2D eigenvalue weighted by Gasteiger charge is -2.20. The monoisotopic (exact) mass is 637 g/mol. The summed E-state index contributed by atoms with van der Waals surface area (Å²) in [6, 6.07) is -1.51. The molecule has 0 aromatic carbocycles. The van der Waals surface area contributed by atoms with Crippen molar-refractivity contribution in [2.45, 2.75) is 161 Å². The third-order valence-corrected chi connectivity index (χ3v) is 8.06. The van der Waals surface area contributed by atoms with Gasteiger partial charge in [-0.25, -0.2) is 4.57 Å². The number of carboxylic acid groups (broad SMARTS) is 1. The predicted octanol–water partition coefficient (Wildman–Crippen LogP) is 7.22. The quantitative estimate of drug-likeness (QED) is 0.0398. The van der Waals surface area contributed by atoms with Gasteiger partial charge < -0.3 is 25.2 Å². The van der Waals surface area contributed by atoms with Gasteiger partial charge in [-0.1, -0.05) is 123 Å². The Morgan fingerprint density at radius 3 is 1.47 bits per heavy atom. The highest BCUT2D eigenvalue weighted by Crippen LogP contribution is 2.43. The molecule has 11 nitrogen and oxygen atoms in total. The molecule has 0 aliphatic heterocycles. The Morgan fingerprint density at radius 1 is 0.628 bits per heavy atom. The standard InChI is InChI=1S/C31H60NO10P/c1-3-5-7-9-11-13-14-15-17-19-21-23-30(34)42-27(25-40-43(37,38)41-26-28(32)31(35)36)24-39-29(33)22-20-18-16-12-10-8-6-4-2/h27-28H,3-26,32H2,1-2H3,(H,35,36)(H,37,38)/t27-,28+/m1/s1. The van der Waals surface area contributed by atoms with Gasteiger partial charge in [-0.05, 0) is 12.8 Å². The lowest BCUT2D eigenvalue weighted by molar-refractivity contribution is -0.161. The number of nitrogens with two attached hydrogens (primary N) is 1. The molecule has 43 heavy (non-hydrogen) atoms. The normalized spacial score (nSPS) is 14.1. The number of rotatable bonds is 31. The van der Waals surface area contributed by atoms with E-state index in [0.717, 1.165) is 38.5 Å². The molecule has 3 atom stereocenters. The SMILES string of the molecule is CCCCCCCCCCCCCC(=O)O[C@H](COC(=O)CCCCCCCCCC)COP(=O)(O)OC[C@H](N)C(=O)O. The molecular weight excluding hydrogens is 577 g/mol. The maximum atomic E-state index is 12.4. The molecule has 0 saturated carbocycles. The van der Waals surface area contributed by atoms with Crippen LogP contribution in [-0.4, -0.2) is 59.9 Å². The number of carbonyl (C=O) groups is 3. The molecule has 0 amide bonds. The molecule has 1 unspecified atom stereocenters. The topological polar surface area (TPSA) is 172 Å². The van der Waals surface area contributed by atoms with Gasteiger partial charge >= 0.3 is 25.7 Å². The number of carbonyl (C=O) groups excluding carboxylic acids is 2. The van der Waals surface area contributed by atoms with Gasteiger partial charge in [0.1, 0.15) is 12.6 Å². The first-order chi connectivity index (χ1) is 20.6. The molecule has 0 fully saturated rings. The van der Waals surface area contributed by atoms with E-state index in [2.05, 4.69) is 18.4 Å². The number of aliphatic carboxylic acids is 1. The molecule has 0 bridgehead atoms. The van der Waals surface area contributed by atoms with Crippen molar-refractivity contribution in [1.29, 1.82) is 0 Å². The Labute approximate surface area is 259 Å². The van der Waals surface area contributed by atoms with Gasteiger partial charge in [0, 0.05) is 12.8 Å². The molecule has 0 aromatic heterocycles. The van der Waals surface area contributed by atoms with Crippen LogP contribution in [0.15, 0.2) is 0 Å². The fraction of sp³-hybridized carbons (Fsp3) is 0.903. The van der Waals surface area contributed by atoms with Crippen LogP contribution in [0, 0.1) is 0 Å². The molecule has 4 N–H and O–H groups in total. The van der Waals surface area contributed by atoms with Gasteiger partial charge in [0.2, 0.25) is 0 Å². The number of unbranched alkanes of at least 4 members (excludes halogenated alkanes) is 17. The maximum Gasteiger partial charge on any atom is 0.472 e. The first kappa shape index (κ1) is 41.5. The van der Waals surface area contributed by atoms with Crippen LogP contribution in [0.3, 0.4) is 0 Å². The minimum absolute atomic E-state index is 0.167. The van der Waals surface area contributed by atoms with E-state index in [1.165, 1.54) is 70.6 Å². The highest BCUT2D eigenvalue weighted by Gasteiger charge is 2.28. The average molecular weight is 638 g/mol. The van der Waals surface area contributed by atoms with Crippen LogP contribution in [-0.2, 0) is 37.5 Å². The summed E-state index contributed by atoms with van der Waals surface area (Å²) >= 11 is 0. The molecule has 0 aliphatic carbocycles. The third-order valence-electron chi connectivity index (χ3n) is 7.11. The largest absolute Gasteiger partial charge is 0.480 e. The number of esters is 2. The summed E-state index contributed by atoms with van der Waals surface area (Å²) < 4.78 is 32.3. The number of phosphoric acid groups is 1. The van der Waals surface area contributed by atoms with Gasteiger partial charge in [-0.3, -0.25) is 23.4 Å². The van der Waals surface area contributed by atoms with E-state index in [1.54, 1.807) is 0 Å². The van der Waals surface area contributed by atoms with Gasteiger partial charge in [0.05, 0.1) is 13.2 Å². The maximum absolute atomic E-state index is 12.4. The molecule has 0 radical (unpaired) electrons. The zero-order valence-electron chi connectivity index (χ0n) is 26.8. The van der Waals surface area contributed by atoms with Crippen LogP contribution in [0.25, 0.3) is 0 Å². The Hall–Kier alpha value is -1.52. The lowest BCUT2D eigenvalue weighted by Crippen LogP contribution is -2.34.